The number of aromatic nitrogens is 3. The van der Waals surface area contributed by atoms with E-state index >= 15 is 0 Å². The Morgan fingerprint density at radius 3 is 2.83 bits per heavy atom. The normalized spacial score (nSPS) is 20.9. The maximum atomic E-state index is 12.2. The molecule has 7 nitrogen and oxygen atoms in total. The maximum Gasteiger partial charge on any atom is 0.248 e. The van der Waals surface area contributed by atoms with E-state index in [2.05, 4.69) is 10.3 Å². The summed E-state index contributed by atoms with van der Waals surface area (Å²) in [5.41, 5.74) is 2.22. The van der Waals surface area contributed by atoms with Crippen LogP contribution in [-0.4, -0.2) is 56.7 Å². The third-order valence-corrected chi connectivity index (χ3v) is 4.01. The van der Waals surface area contributed by atoms with Gasteiger partial charge in [-0.15, -0.1) is 5.10 Å². The molecule has 1 aliphatic heterocycles. The molecule has 2 atom stereocenters. The lowest BCUT2D eigenvalue weighted by molar-refractivity contribution is -0.135. The highest BCUT2D eigenvalue weighted by Crippen LogP contribution is 2.21. The number of hydrogen-bond acceptors (Lipinski definition) is 5. The third-order valence-electron chi connectivity index (χ3n) is 4.01. The fourth-order valence-corrected chi connectivity index (χ4v) is 2.66. The third kappa shape index (κ3) is 3.75. The van der Waals surface area contributed by atoms with Crippen molar-refractivity contribution in [1.82, 2.24) is 19.9 Å². The number of aryl methyl sites for hydroxylation is 1. The molecule has 1 amide bonds. The van der Waals surface area contributed by atoms with Gasteiger partial charge in [-0.2, -0.15) is 0 Å². The van der Waals surface area contributed by atoms with Crippen LogP contribution in [0.15, 0.2) is 36.7 Å². The summed E-state index contributed by atoms with van der Waals surface area (Å²) in [4.78, 5) is 13.8. The van der Waals surface area contributed by atoms with Gasteiger partial charge in [-0.05, 0) is 12.5 Å². The Kier molecular flexibility index (Phi) is 4.68. The van der Waals surface area contributed by atoms with Crippen LogP contribution in [0.5, 0.6) is 0 Å². The number of ether oxygens (including phenoxy) is 1. The van der Waals surface area contributed by atoms with Crippen LogP contribution < -0.4 is 0 Å². The van der Waals surface area contributed by atoms with Gasteiger partial charge in [0.15, 0.2) is 0 Å². The highest BCUT2D eigenvalue weighted by molar-refractivity contribution is 5.77. The number of nitrogens with zero attached hydrogens (tertiary/aromatic N) is 4. The van der Waals surface area contributed by atoms with Crippen molar-refractivity contribution in [2.24, 2.45) is 0 Å². The number of aliphatic hydroxyl groups is 1. The van der Waals surface area contributed by atoms with E-state index in [4.69, 9.17) is 4.74 Å². The predicted octanol–water partition coefficient (Wildman–Crippen LogP) is 0.548. The van der Waals surface area contributed by atoms with Gasteiger partial charge in [0, 0.05) is 19.3 Å². The van der Waals surface area contributed by atoms with Crippen LogP contribution in [0.2, 0.25) is 0 Å². The van der Waals surface area contributed by atoms with Crippen LogP contribution in [0.4, 0.5) is 0 Å². The van der Waals surface area contributed by atoms with Crippen LogP contribution in [0, 0.1) is 6.92 Å². The predicted molar refractivity (Wildman–Crippen MR) is 82.5 cm³/mol. The van der Waals surface area contributed by atoms with Crippen LogP contribution in [-0.2, 0) is 16.1 Å². The lowest BCUT2D eigenvalue weighted by atomic mass is 10.2. The molecule has 1 N–H and O–H groups in total. The van der Waals surface area contributed by atoms with E-state index in [0.29, 0.717) is 13.2 Å². The van der Waals surface area contributed by atoms with Gasteiger partial charge in [-0.25, -0.2) is 4.68 Å². The molecule has 0 spiro atoms. The monoisotopic (exact) mass is 316 g/mol. The molecule has 0 aliphatic carbocycles. The quantitative estimate of drug-likeness (QED) is 0.871. The summed E-state index contributed by atoms with van der Waals surface area (Å²) in [5.74, 6) is -0.126. The first-order valence-electron chi connectivity index (χ1n) is 7.58. The molecule has 23 heavy (non-hydrogen) atoms. The van der Waals surface area contributed by atoms with Crippen LogP contribution in [0.1, 0.15) is 17.2 Å². The van der Waals surface area contributed by atoms with E-state index in [-0.39, 0.29) is 25.1 Å². The molecule has 1 aromatic heterocycles. The van der Waals surface area contributed by atoms with Gasteiger partial charge in [-0.1, -0.05) is 35.0 Å². The van der Waals surface area contributed by atoms with E-state index in [9.17, 15) is 9.90 Å². The van der Waals surface area contributed by atoms with Gasteiger partial charge in [0.05, 0.1) is 24.9 Å². The zero-order valence-corrected chi connectivity index (χ0v) is 13.0. The molecule has 3 rings (SSSR count). The molecule has 122 valence electrons. The molecule has 0 unspecified atom stereocenters. The molecule has 7 heteroatoms. The second kappa shape index (κ2) is 6.89. The van der Waals surface area contributed by atoms with Gasteiger partial charge < -0.3 is 14.7 Å². The van der Waals surface area contributed by atoms with Crippen molar-refractivity contribution in [2.45, 2.75) is 25.7 Å². The Hall–Kier alpha value is -2.25. The summed E-state index contributed by atoms with van der Waals surface area (Å²) in [5, 5.41) is 17.7. The molecule has 2 aromatic rings. The average Bonchev–Trinajstić information content (AvgIpc) is 3.18. The lowest BCUT2D eigenvalue weighted by Gasteiger charge is -2.16. The highest BCUT2D eigenvalue weighted by Gasteiger charge is 2.35. The fraction of sp³-hybridized carbons (Fsp3) is 0.438. The van der Waals surface area contributed by atoms with Gasteiger partial charge in [0.2, 0.25) is 5.91 Å². The van der Waals surface area contributed by atoms with Crippen molar-refractivity contribution in [3.05, 3.63) is 47.8 Å². The van der Waals surface area contributed by atoms with Gasteiger partial charge in [0.1, 0.15) is 6.61 Å². The van der Waals surface area contributed by atoms with Crippen LogP contribution in [0.25, 0.3) is 0 Å². The summed E-state index contributed by atoms with van der Waals surface area (Å²) in [6.45, 7) is 3.13. The maximum absolute atomic E-state index is 12.2. The first-order valence-corrected chi connectivity index (χ1v) is 7.58. The first-order chi connectivity index (χ1) is 11.1. The summed E-state index contributed by atoms with van der Waals surface area (Å²) >= 11 is 0. The smallest absolute Gasteiger partial charge is 0.248 e. The molecule has 0 saturated carbocycles. The SMILES string of the molecule is Cc1ccc(COCC(=O)N2C[C@@H](O)[C@H](n3ccnn3)C2)cc1. The number of amides is 1. The van der Waals surface area contributed by atoms with Gasteiger partial charge >= 0.3 is 0 Å². The molecular formula is C16H20N4O3. The number of hydrogen-bond donors (Lipinski definition) is 1. The standard InChI is InChI=1S/C16H20N4O3/c1-12-2-4-13(5-3-12)10-23-11-16(22)19-8-14(15(21)9-19)20-7-6-17-18-20/h2-7,14-15,21H,8-11H2,1H3/t14-,15-/m1/s1. The van der Waals surface area contributed by atoms with Gasteiger partial charge in [-0.3, -0.25) is 4.79 Å². The average molecular weight is 316 g/mol. The number of β-amino-alcohol motifs (C(OH)–C–C–N with tert-alkyl or cyclic N) is 1. The second-order valence-electron chi connectivity index (χ2n) is 5.79. The zero-order valence-electron chi connectivity index (χ0n) is 13.0. The Morgan fingerprint density at radius 2 is 2.13 bits per heavy atom. The summed E-state index contributed by atoms with van der Waals surface area (Å²) in [6.07, 6.45) is 2.61. The number of aliphatic hydroxyl groups excluding tert-OH is 1. The molecule has 1 saturated heterocycles. The van der Waals surface area contributed by atoms with Crippen LogP contribution in [0.3, 0.4) is 0 Å². The minimum Gasteiger partial charge on any atom is -0.389 e. The number of likely N-dealkylation sites (tertiary alicyclic amines) is 1. The molecule has 0 radical (unpaired) electrons. The number of benzene rings is 1. The van der Waals surface area contributed by atoms with Crippen molar-refractivity contribution >= 4 is 5.91 Å². The fourth-order valence-electron chi connectivity index (χ4n) is 2.66. The minimum absolute atomic E-state index is 0.00464. The molecule has 0 bridgehead atoms. The molecule has 2 heterocycles. The van der Waals surface area contributed by atoms with Crippen molar-refractivity contribution in [1.29, 1.82) is 0 Å². The number of rotatable bonds is 5. The van der Waals surface area contributed by atoms with E-state index in [0.717, 1.165) is 5.56 Å². The number of carbonyl (C=O) groups is 1. The Bertz CT molecular complexity index is 642. The second-order valence-corrected chi connectivity index (χ2v) is 5.79. The Morgan fingerprint density at radius 1 is 1.35 bits per heavy atom. The van der Waals surface area contributed by atoms with Crippen molar-refractivity contribution in [3.63, 3.8) is 0 Å². The lowest BCUT2D eigenvalue weighted by Crippen LogP contribution is -2.32. The molecule has 1 aromatic carbocycles. The Labute approximate surface area is 134 Å². The summed E-state index contributed by atoms with van der Waals surface area (Å²) in [7, 11) is 0. The summed E-state index contributed by atoms with van der Waals surface area (Å²) < 4.78 is 7.08. The van der Waals surface area contributed by atoms with E-state index in [1.54, 1.807) is 22.0 Å². The van der Waals surface area contributed by atoms with Crippen molar-refractivity contribution in [2.75, 3.05) is 19.7 Å². The topological polar surface area (TPSA) is 80.5 Å². The first kappa shape index (κ1) is 15.6. The minimum atomic E-state index is -0.641. The van der Waals surface area contributed by atoms with E-state index in [1.807, 2.05) is 31.2 Å². The largest absolute Gasteiger partial charge is 0.389 e. The molecular weight excluding hydrogens is 296 g/mol. The van der Waals surface area contributed by atoms with Gasteiger partial charge in [0.25, 0.3) is 0 Å². The molecule has 1 aliphatic rings. The van der Waals surface area contributed by atoms with Crippen molar-refractivity contribution < 1.29 is 14.6 Å². The van der Waals surface area contributed by atoms with Crippen molar-refractivity contribution in [3.8, 4) is 0 Å². The Balaban J connectivity index is 1.48. The zero-order chi connectivity index (χ0) is 16.2. The highest BCUT2D eigenvalue weighted by atomic mass is 16.5. The van der Waals surface area contributed by atoms with E-state index in [1.165, 1.54) is 5.56 Å². The van der Waals surface area contributed by atoms with E-state index < -0.39 is 6.10 Å². The number of carbonyl (C=O) groups excluding carboxylic acids is 1. The molecule has 1 fully saturated rings. The summed E-state index contributed by atoms with van der Waals surface area (Å²) in [6, 6.07) is 7.75. The van der Waals surface area contributed by atoms with Crippen LogP contribution >= 0.6 is 0 Å².